The van der Waals surface area contributed by atoms with Crippen LogP contribution in [0.1, 0.15) is 33.3 Å². The molecule has 24 heavy (non-hydrogen) atoms. The molecule has 1 aliphatic heterocycles. The summed E-state index contributed by atoms with van der Waals surface area (Å²) in [6.07, 6.45) is 0.00604. The molecule has 0 spiro atoms. The number of aryl methyl sites for hydroxylation is 1. The van der Waals surface area contributed by atoms with Gasteiger partial charge in [-0.05, 0) is 46.8 Å². The number of methoxy groups -OCH3 is 1. The van der Waals surface area contributed by atoms with Gasteiger partial charge in [0.25, 0.3) is 5.91 Å². The number of likely N-dealkylation sites (tertiary alicyclic amines) is 1. The molecular formula is C19H30N2O3. The Morgan fingerprint density at radius 2 is 1.88 bits per heavy atom. The first-order valence-corrected chi connectivity index (χ1v) is 8.56. The van der Waals surface area contributed by atoms with Gasteiger partial charge in [-0.2, -0.15) is 0 Å². The van der Waals surface area contributed by atoms with Crippen molar-refractivity contribution in [3.63, 3.8) is 0 Å². The van der Waals surface area contributed by atoms with Crippen LogP contribution in [0.25, 0.3) is 0 Å². The molecule has 1 fully saturated rings. The van der Waals surface area contributed by atoms with Crippen LogP contribution in [0.4, 0.5) is 0 Å². The molecule has 134 valence electrons. The number of hydrogen-bond acceptors (Lipinski definition) is 4. The summed E-state index contributed by atoms with van der Waals surface area (Å²) in [5.41, 5.74) is 0.214. The largest absolute Gasteiger partial charge is 0.478 e. The van der Waals surface area contributed by atoms with Crippen molar-refractivity contribution in [1.29, 1.82) is 0 Å². The summed E-state index contributed by atoms with van der Waals surface area (Å²) < 4.78 is 11.5. The number of benzene rings is 1. The summed E-state index contributed by atoms with van der Waals surface area (Å²) in [5, 5.41) is 3.11. The topological polar surface area (TPSA) is 50.8 Å². The van der Waals surface area contributed by atoms with Gasteiger partial charge in [0.1, 0.15) is 5.75 Å². The van der Waals surface area contributed by atoms with Gasteiger partial charge in [0, 0.05) is 26.2 Å². The molecule has 1 amide bonds. The normalized spacial score (nSPS) is 22.0. The molecular weight excluding hydrogens is 304 g/mol. The van der Waals surface area contributed by atoms with E-state index in [1.165, 1.54) is 0 Å². The van der Waals surface area contributed by atoms with Crippen LogP contribution in [0, 0.1) is 6.92 Å². The zero-order valence-corrected chi connectivity index (χ0v) is 15.6. The van der Waals surface area contributed by atoms with Gasteiger partial charge in [-0.1, -0.05) is 17.7 Å². The van der Waals surface area contributed by atoms with Crippen LogP contribution in [-0.4, -0.2) is 54.8 Å². The van der Waals surface area contributed by atoms with Gasteiger partial charge in [-0.25, -0.2) is 0 Å². The van der Waals surface area contributed by atoms with Crippen LogP contribution < -0.4 is 10.1 Å². The van der Waals surface area contributed by atoms with E-state index < -0.39 is 5.60 Å². The Kier molecular flexibility index (Phi) is 5.88. The molecule has 0 aromatic heterocycles. The second kappa shape index (κ2) is 7.53. The van der Waals surface area contributed by atoms with Crippen LogP contribution in [0.5, 0.6) is 5.75 Å². The molecule has 1 aliphatic rings. The lowest BCUT2D eigenvalue weighted by atomic mass is 10.1. The summed E-state index contributed by atoms with van der Waals surface area (Å²) in [4.78, 5) is 15.0. The molecule has 1 heterocycles. The van der Waals surface area contributed by atoms with Crippen molar-refractivity contribution in [2.45, 2.75) is 58.4 Å². The molecule has 0 unspecified atom stereocenters. The summed E-state index contributed by atoms with van der Waals surface area (Å²) in [6.45, 7) is 11.5. The van der Waals surface area contributed by atoms with E-state index in [0.29, 0.717) is 11.8 Å². The van der Waals surface area contributed by atoms with E-state index in [2.05, 4.69) is 24.1 Å². The Bertz CT molecular complexity index is 554. The van der Waals surface area contributed by atoms with Crippen LogP contribution in [0.2, 0.25) is 0 Å². The molecule has 2 atom stereocenters. The molecule has 1 aromatic rings. The zero-order chi connectivity index (χ0) is 17.9. The molecule has 5 nitrogen and oxygen atoms in total. The molecule has 1 aromatic carbocycles. The minimum atomic E-state index is -0.946. The van der Waals surface area contributed by atoms with Crippen molar-refractivity contribution in [1.82, 2.24) is 10.2 Å². The number of ether oxygens (including phenoxy) is 2. The monoisotopic (exact) mass is 334 g/mol. The Morgan fingerprint density at radius 3 is 2.42 bits per heavy atom. The van der Waals surface area contributed by atoms with Crippen molar-refractivity contribution in [2.24, 2.45) is 0 Å². The quantitative estimate of drug-likeness (QED) is 0.868. The SMILES string of the molecule is CO[C@H]1CN(C(C)C)C[C@@H]1NC(=O)C(C)(C)Oc1ccc(C)cc1. The molecule has 5 heteroatoms. The third kappa shape index (κ3) is 4.48. The Hall–Kier alpha value is -1.59. The van der Waals surface area contributed by atoms with E-state index >= 15 is 0 Å². The summed E-state index contributed by atoms with van der Waals surface area (Å²) in [6, 6.07) is 8.13. The highest BCUT2D eigenvalue weighted by Crippen LogP contribution is 2.21. The molecule has 0 saturated carbocycles. The standard InChI is InChI=1S/C19H30N2O3/c1-13(2)21-11-16(17(12-21)23-6)20-18(22)19(4,5)24-15-9-7-14(3)8-10-15/h7-10,13,16-17H,11-12H2,1-6H3,(H,20,22)/t16-,17-/m0/s1. The maximum Gasteiger partial charge on any atom is 0.263 e. The van der Waals surface area contributed by atoms with Gasteiger partial charge < -0.3 is 14.8 Å². The fourth-order valence-corrected chi connectivity index (χ4v) is 2.89. The first-order chi connectivity index (χ1) is 11.2. The van der Waals surface area contributed by atoms with E-state index in [9.17, 15) is 4.79 Å². The number of carbonyl (C=O) groups is 1. The van der Waals surface area contributed by atoms with Crippen molar-refractivity contribution >= 4 is 5.91 Å². The number of nitrogens with zero attached hydrogens (tertiary/aromatic N) is 1. The maximum absolute atomic E-state index is 12.7. The Labute approximate surface area is 145 Å². The molecule has 0 aliphatic carbocycles. The van der Waals surface area contributed by atoms with E-state index in [4.69, 9.17) is 9.47 Å². The number of rotatable bonds is 6. The molecule has 1 N–H and O–H groups in total. The highest BCUT2D eigenvalue weighted by Gasteiger charge is 2.38. The molecule has 1 saturated heterocycles. The van der Waals surface area contributed by atoms with E-state index in [1.54, 1.807) is 21.0 Å². The highest BCUT2D eigenvalue weighted by atomic mass is 16.5. The van der Waals surface area contributed by atoms with Gasteiger partial charge in [0.05, 0.1) is 12.1 Å². The maximum atomic E-state index is 12.7. The number of hydrogen-bond donors (Lipinski definition) is 1. The molecule has 0 radical (unpaired) electrons. The number of carbonyl (C=O) groups excluding carboxylic acids is 1. The average molecular weight is 334 g/mol. The van der Waals surface area contributed by atoms with Crippen molar-refractivity contribution in [3.8, 4) is 5.75 Å². The molecule has 2 rings (SSSR count). The van der Waals surface area contributed by atoms with Gasteiger partial charge in [0.2, 0.25) is 0 Å². The van der Waals surface area contributed by atoms with Crippen LogP contribution in [0.15, 0.2) is 24.3 Å². The van der Waals surface area contributed by atoms with Crippen molar-refractivity contribution < 1.29 is 14.3 Å². The molecule has 0 bridgehead atoms. The second-order valence-electron chi connectivity index (χ2n) is 7.33. The minimum Gasteiger partial charge on any atom is -0.478 e. The first kappa shape index (κ1) is 18.7. The highest BCUT2D eigenvalue weighted by molar-refractivity contribution is 5.85. The van der Waals surface area contributed by atoms with E-state index in [-0.39, 0.29) is 18.1 Å². The van der Waals surface area contributed by atoms with Crippen LogP contribution >= 0.6 is 0 Å². The Morgan fingerprint density at radius 1 is 1.25 bits per heavy atom. The lowest BCUT2D eigenvalue weighted by molar-refractivity contribution is -0.135. The number of amides is 1. The van der Waals surface area contributed by atoms with Crippen LogP contribution in [0.3, 0.4) is 0 Å². The average Bonchev–Trinajstić information content (AvgIpc) is 2.92. The fourth-order valence-electron chi connectivity index (χ4n) is 2.89. The number of nitrogens with one attached hydrogen (secondary N) is 1. The lowest BCUT2D eigenvalue weighted by Crippen LogP contribution is -2.53. The van der Waals surface area contributed by atoms with E-state index in [1.807, 2.05) is 31.2 Å². The van der Waals surface area contributed by atoms with Gasteiger partial charge in [-0.15, -0.1) is 0 Å². The summed E-state index contributed by atoms with van der Waals surface area (Å²) >= 11 is 0. The van der Waals surface area contributed by atoms with Crippen LogP contribution in [-0.2, 0) is 9.53 Å². The van der Waals surface area contributed by atoms with Crippen molar-refractivity contribution in [2.75, 3.05) is 20.2 Å². The third-order valence-corrected chi connectivity index (χ3v) is 4.58. The Balaban J connectivity index is 2.00. The zero-order valence-electron chi connectivity index (χ0n) is 15.6. The van der Waals surface area contributed by atoms with Gasteiger partial charge in [0.15, 0.2) is 5.60 Å². The van der Waals surface area contributed by atoms with E-state index in [0.717, 1.165) is 18.7 Å². The van der Waals surface area contributed by atoms with Crippen molar-refractivity contribution in [3.05, 3.63) is 29.8 Å². The fraction of sp³-hybridized carbons (Fsp3) is 0.632. The minimum absolute atomic E-state index is 0.00604. The van der Waals surface area contributed by atoms with Gasteiger partial charge >= 0.3 is 0 Å². The second-order valence-corrected chi connectivity index (χ2v) is 7.33. The summed E-state index contributed by atoms with van der Waals surface area (Å²) in [5.74, 6) is 0.569. The van der Waals surface area contributed by atoms with Gasteiger partial charge in [-0.3, -0.25) is 9.69 Å². The predicted molar refractivity (Wildman–Crippen MR) is 95.3 cm³/mol. The predicted octanol–water partition coefficient (Wildman–Crippen LogP) is 2.38. The lowest BCUT2D eigenvalue weighted by Gasteiger charge is -2.28. The first-order valence-electron chi connectivity index (χ1n) is 8.56. The smallest absolute Gasteiger partial charge is 0.263 e. The summed E-state index contributed by atoms with van der Waals surface area (Å²) in [7, 11) is 1.70. The third-order valence-electron chi connectivity index (χ3n) is 4.58.